The zero-order chi connectivity index (χ0) is 19.8. The Bertz CT molecular complexity index is 796. The van der Waals surface area contributed by atoms with Gasteiger partial charge in [0.2, 0.25) is 11.8 Å². The number of ether oxygens (including phenoxy) is 2. The minimum absolute atomic E-state index is 0.0552. The number of carbonyl (C=O) groups is 2. The molecule has 2 rings (SSSR count). The van der Waals surface area contributed by atoms with E-state index in [1.807, 2.05) is 0 Å². The molecule has 0 aromatic heterocycles. The van der Waals surface area contributed by atoms with E-state index in [0.29, 0.717) is 27.9 Å². The van der Waals surface area contributed by atoms with Crippen LogP contribution < -0.4 is 20.1 Å². The Morgan fingerprint density at radius 2 is 1.48 bits per heavy atom. The lowest BCUT2D eigenvalue weighted by atomic mass is 10.3. The molecule has 7 nitrogen and oxygen atoms in total. The zero-order valence-electron chi connectivity index (χ0n) is 15.4. The van der Waals surface area contributed by atoms with E-state index in [1.54, 1.807) is 61.5 Å². The Hall–Kier alpha value is -2.77. The van der Waals surface area contributed by atoms with Crippen LogP contribution >= 0.6 is 11.6 Å². The third-order valence-electron chi connectivity index (χ3n) is 3.64. The van der Waals surface area contributed by atoms with E-state index < -0.39 is 0 Å². The van der Waals surface area contributed by atoms with Gasteiger partial charge >= 0.3 is 0 Å². The number of hydrogen-bond donors (Lipinski definition) is 2. The maximum Gasteiger partial charge on any atom is 0.238 e. The Labute approximate surface area is 163 Å². The van der Waals surface area contributed by atoms with Crippen LogP contribution in [-0.4, -0.2) is 51.1 Å². The van der Waals surface area contributed by atoms with Gasteiger partial charge in [0.05, 0.1) is 32.3 Å². The standard InChI is InChI=1S/C19H22ClN3O4/c1-23(11-18(24)21-13-4-7-15(26-2)8-5-13)12-19(25)22-14-6-9-17(27-3)16(20)10-14/h4-10H,11-12H2,1-3H3,(H,21,24)(H,22,25). The number of benzene rings is 2. The average molecular weight is 392 g/mol. The molecule has 0 unspecified atom stereocenters. The van der Waals surface area contributed by atoms with E-state index in [4.69, 9.17) is 21.1 Å². The molecule has 0 heterocycles. The lowest BCUT2D eigenvalue weighted by molar-refractivity contribution is -0.119. The number of rotatable bonds is 8. The van der Waals surface area contributed by atoms with E-state index in [-0.39, 0.29) is 24.9 Å². The molecule has 2 N–H and O–H groups in total. The summed E-state index contributed by atoms with van der Waals surface area (Å²) in [7, 11) is 4.78. The second-order valence-electron chi connectivity index (χ2n) is 5.85. The molecule has 2 amide bonds. The first kappa shape index (κ1) is 20.5. The van der Waals surface area contributed by atoms with Gasteiger partial charge in [-0.2, -0.15) is 0 Å². The highest BCUT2D eigenvalue weighted by Crippen LogP contribution is 2.27. The number of halogens is 1. The predicted octanol–water partition coefficient (Wildman–Crippen LogP) is 2.87. The summed E-state index contributed by atoms with van der Waals surface area (Å²) in [5, 5.41) is 5.91. The summed E-state index contributed by atoms with van der Waals surface area (Å²) in [4.78, 5) is 25.8. The Morgan fingerprint density at radius 1 is 0.926 bits per heavy atom. The summed E-state index contributed by atoms with van der Waals surface area (Å²) >= 11 is 6.04. The SMILES string of the molecule is COc1ccc(NC(=O)CN(C)CC(=O)Nc2ccc(OC)c(Cl)c2)cc1. The van der Waals surface area contributed by atoms with Gasteiger partial charge in [-0.25, -0.2) is 0 Å². The number of amides is 2. The quantitative estimate of drug-likeness (QED) is 0.723. The van der Waals surface area contributed by atoms with Crippen molar-refractivity contribution >= 4 is 34.8 Å². The molecule has 0 fully saturated rings. The number of carbonyl (C=O) groups excluding carboxylic acids is 2. The van der Waals surface area contributed by atoms with Crippen LogP contribution in [-0.2, 0) is 9.59 Å². The molecule has 0 bridgehead atoms. The van der Waals surface area contributed by atoms with Crippen molar-refractivity contribution in [3.05, 3.63) is 47.5 Å². The molecule has 0 aliphatic carbocycles. The minimum atomic E-state index is -0.254. The van der Waals surface area contributed by atoms with Gasteiger partial charge in [-0.3, -0.25) is 14.5 Å². The van der Waals surface area contributed by atoms with Crippen LogP contribution in [0, 0.1) is 0 Å². The molecule has 0 saturated heterocycles. The number of likely N-dealkylation sites (N-methyl/N-ethyl adjacent to an activating group) is 1. The van der Waals surface area contributed by atoms with Gasteiger partial charge in [-0.15, -0.1) is 0 Å². The first-order valence-corrected chi connectivity index (χ1v) is 8.55. The van der Waals surface area contributed by atoms with Crippen LogP contribution in [0.1, 0.15) is 0 Å². The highest BCUT2D eigenvalue weighted by molar-refractivity contribution is 6.32. The van der Waals surface area contributed by atoms with Crippen LogP contribution in [0.15, 0.2) is 42.5 Å². The summed E-state index contributed by atoms with van der Waals surface area (Å²) in [6.07, 6.45) is 0. The lowest BCUT2D eigenvalue weighted by Gasteiger charge is -2.16. The minimum Gasteiger partial charge on any atom is -0.497 e. The van der Waals surface area contributed by atoms with Gasteiger partial charge < -0.3 is 20.1 Å². The molecule has 0 radical (unpaired) electrons. The Kier molecular flexibility index (Phi) is 7.45. The van der Waals surface area contributed by atoms with Crippen molar-refractivity contribution in [3.63, 3.8) is 0 Å². The van der Waals surface area contributed by atoms with Crippen molar-refractivity contribution in [1.29, 1.82) is 0 Å². The van der Waals surface area contributed by atoms with Gasteiger partial charge in [0.1, 0.15) is 11.5 Å². The van der Waals surface area contributed by atoms with Crippen LogP contribution in [0.3, 0.4) is 0 Å². The van der Waals surface area contributed by atoms with Gasteiger partial charge in [-0.05, 0) is 49.5 Å². The van der Waals surface area contributed by atoms with Gasteiger partial charge in [0, 0.05) is 11.4 Å². The summed E-state index contributed by atoms with van der Waals surface area (Å²) in [6, 6.07) is 12.0. The maximum absolute atomic E-state index is 12.1. The second-order valence-corrected chi connectivity index (χ2v) is 6.25. The third kappa shape index (κ3) is 6.47. The first-order chi connectivity index (χ1) is 12.9. The molecular weight excluding hydrogens is 370 g/mol. The maximum atomic E-state index is 12.1. The van der Waals surface area contributed by atoms with Crippen molar-refractivity contribution in [1.82, 2.24) is 4.90 Å². The monoisotopic (exact) mass is 391 g/mol. The number of anilines is 2. The smallest absolute Gasteiger partial charge is 0.238 e. The van der Waals surface area contributed by atoms with Crippen molar-refractivity contribution < 1.29 is 19.1 Å². The van der Waals surface area contributed by atoms with Gasteiger partial charge in [-0.1, -0.05) is 11.6 Å². The molecule has 2 aromatic rings. The van der Waals surface area contributed by atoms with Crippen molar-refractivity contribution in [2.45, 2.75) is 0 Å². The van der Waals surface area contributed by atoms with Crippen LogP contribution in [0.5, 0.6) is 11.5 Å². The lowest BCUT2D eigenvalue weighted by Crippen LogP contribution is -2.36. The summed E-state index contributed by atoms with van der Waals surface area (Å²) in [5.74, 6) is 0.765. The fourth-order valence-corrected chi connectivity index (χ4v) is 2.62. The van der Waals surface area contributed by atoms with Crippen molar-refractivity contribution in [2.24, 2.45) is 0 Å². The summed E-state index contributed by atoms with van der Waals surface area (Å²) in [5.41, 5.74) is 1.22. The molecule has 2 aromatic carbocycles. The number of hydrogen-bond acceptors (Lipinski definition) is 5. The first-order valence-electron chi connectivity index (χ1n) is 8.17. The normalized spacial score (nSPS) is 10.4. The molecule has 144 valence electrons. The zero-order valence-corrected chi connectivity index (χ0v) is 16.2. The van der Waals surface area contributed by atoms with Crippen LogP contribution in [0.4, 0.5) is 11.4 Å². The fourth-order valence-electron chi connectivity index (χ4n) is 2.37. The van der Waals surface area contributed by atoms with E-state index >= 15 is 0 Å². The number of nitrogens with one attached hydrogen (secondary N) is 2. The molecule has 0 aliphatic heterocycles. The Balaban J connectivity index is 1.81. The molecule has 8 heteroatoms. The molecule has 0 saturated carbocycles. The van der Waals surface area contributed by atoms with Crippen LogP contribution in [0.25, 0.3) is 0 Å². The van der Waals surface area contributed by atoms with Gasteiger partial charge in [0.15, 0.2) is 0 Å². The van der Waals surface area contributed by atoms with Crippen molar-refractivity contribution in [2.75, 3.05) is 45.0 Å². The molecule has 0 atom stereocenters. The largest absolute Gasteiger partial charge is 0.497 e. The van der Waals surface area contributed by atoms with E-state index in [2.05, 4.69) is 10.6 Å². The van der Waals surface area contributed by atoms with Crippen LogP contribution in [0.2, 0.25) is 5.02 Å². The van der Waals surface area contributed by atoms with E-state index in [0.717, 1.165) is 0 Å². The second kappa shape index (κ2) is 9.80. The molecule has 27 heavy (non-hydrogen) atoms. The van der Waals surface area contributed by atoms with E-state index in [1.165, 1.54) is 7.11 Å². The summed E-state index contributed by atoms with van der Waals surface area (Å²) in [6.45, 7) is 0.127. The average Bonchev–Trinajstić information content (AvgIpc) is 2.62. The third-order valence-corrected chi connectivity index (χ3v) is 3.93. The van der Waals surface area contributed by atoms with E-state index in [9.17, 15) is 9.59 Å². The molecule has 0 aliphatic rings. The predicted molar refractivity (Wildman–Crippen MR) is 106 cm³/mol. The van der Waals surface area contributed by atoms with Crippen molar-refractivity contribution in [3.8, 4) is 11.5 Å². The molecular formula is C19H22ClN3O4. The fraction of sp³-hybridized carbons (Fsp3) is 0.263. The number of nitrogens with zero attached hydrogens (tertiary/aromatic N) is 1. The highest BCUT2D eigenvalue weighted by atomic mass is 35.5. The number of methoxy groups -OCH3 is 2. The highest BCUT2D eigenvalue weighted by Gasteiger charge is 2.12. The summed E-state index contributed by atoms with van der Waals surface area (Å²) < 4.78 is 10.1. The topological polar surface area (TPSA) is 79.9 Å². The molecule has 0 spiro atoms. The van der Waals surface area contributed by atoms with Gasteiger partial charge in [0.25, 0.3) is 0 Å². The Morgan fingerprint density at radius 3 is 2.00 bits per heavy atom.